The number of aromatic nitrogens is 3. The van der Waals surface area contributed by atoms with Crippen molar-refractivity contribution in [2.45, 2.75) is 73.9 Å². The van der Waals surface area contributed by atoms with Gasteiger partial charge in [0.15, 0.2) is 5.82 Å². The fourth-order valence-electron chi connectivity index (χ4n) is 4.15. The van der Waals surface area contributed by atoms with Crippen LogP contribution in [0.1, 0.15) is 88.2 Å². The predicted octanol–water partition coefficient (Wildman–Crippen LogP) is 5.09. The number of carbonyl (C=O) groups is 2. The van der Waals surface area contributed by atoms with Crippen molar-refractivity contribution in [3.63, 3.8) is 0 Å². The smallest absolute Gasteiger partial charge is 0.259 e. The van der Waals surface area contributed by atoms with E-state index in [1.807, 2.05) is 57.7 Å². The molecule has 0 spiro atoms. The van der Waals surface area contributed by atoms with E-state index in [0.717, 1.165) is 16.7 Å². The minimum Gasteiger partial charge on any atom is -0.496 e. The third kappa shape index (κ3) is 8.39. The van der Waals surface area contributed by atoms with Crippen molar-refractivity contribution in [3.05, 3.63) is 71.5 Å². The summed E-state index contributed by atoms with van der Waals surface area (Å²) in [7, 11) is 1.54. The Kier molecular flexibility index (Phi) is 11.9. The van der Waals surface area contributed by atoms with Crippen molar-refractivity contribution in [2.24, 2.45) is 5.41 Å². The molecule has 0 bridgehead atoms. The summed E-state index contributed by atoms with van der Waals surface area (Å²) in [5.41, 5.74) is 3.19. The molecular formula is C31H45N5O4. The van der Waals surface area contributed by atoms with Crippen molar-refractivity contribution >= 4 is 17.4 Å². The first-order chi connectivity index (χ1) is 18.9. The largest absolute Gasteiger partial charge is 0.496 e. The molecule has 0 radical (unpaired) electrons. The van der Waals surface area contributed by atoms with E-state index in [9.17, 15) is 14.7 Å². The lowest BCUT2D eigenvalue weighted by molar-refractivity contribution is -0.140. The maximum absolute atomic E-state index is 13.1. The molecule has 0 aliphatic carbocycles. The Morgan fingerprint density at radius 3 is 2.52 bits per heavy atom. The lowest BCUT2D eigenvalue weighted by atomic mass is 9.91. The number of fused-ring (bicyclic) bond motifs is 1. The quantitative estimate of drug-likeness (QED) is 0.442. The van der Waals surface area contributed by atoms with Gasteiger partial charge in [-0.3, -0.25) is 9.59 Å². The van der Waals surface area contributed by atoms with E-state index in [-0.39, 0.29) is 24.5 Å². The molecule has 3 rings (SSSR count). The van der Waals surface area contributed by atoms with Crippen molar-refractivity contribution in [1.29, 1.82) is 0 Å². The number of aliphatic hydroxyl groups excluding tert-OH is 1. The Morgan fingerprint density at radius 1 is 1.25 bits per heavy atom. The standard InChI is InChI=1S/C28H37N5O4.C3H8/c1-18(25-31-29-17-33(25)20(3)16-34)9-8-10-19(2)30-26(35)23-13-22-15-32(27(36)28(4,5)6)12-11-21(22)14-24(23)37-7;1-3-2/h8-10,13-14,17,20,34H,2,11-12,15-16H2,1,3-7H3,(H,30,35);3H2,1-2H3/b10-8-,18-9+;. The molecule has 1 aromatic carbocycles. The topological polar surface area (TPSA) is 110 Å². The molecule has 9 heteroatoms. The van der Waals surface area contributed by atoms with Gasteiger partial charge >= 0.3 is 0 Å². The molecule has 0 saturated carbocycles. The molecule has 2 amide bonds. The Bertz CT molecular complexity index is 1250. The van der Waals surface area contributed by atoms with Crippen LogP contribution in [0.4, 0.5) is 0 Å². The summed E-state index contributed by atoms with van der Waals surface area (Å²) in [6.07, 6.45) is 8.83. The highest BCUT2D eigenvalue weighted by Gasteiger charge is 2.30. The minimum atomic E-state index is -0.464. The number of benzene rings is 1. The first kappa shape index (κ1) is 32.5. The number of ether oxygens (including phenoxy) is 1. The number of methoxy groups -OCH3 is 1. The highest BCUT2D eigenvalue weighted by molar-refractivity contribution is 5.98. The van der Waals surface area contributed by atoms with Crippen molar-refractivity contribution in [3.8, 4) is 5.75 Å². The number of amides is 2. The van der Waals surface area contributed by atoms with Crippen LogP contribution < -0.4 is 10.1 Å². The summed E-state index contributed by atoms with van der Waals surface area (Å²) in [5.74, 6) is 0.882. The van der Waals surface area contributed by atoms with E-state index in [4.69, 9.17) is 4.74 Å². The van der Waals surface area contributed by atoms with Crippen molar-refractivity contribution in [1.82, 2.24) is 25.0 Å². The molecule has 40 heavy (non-hydrogen) atoms. The number of hydrogen-bond acceptors (Lipinski definition) is 6. The van der Waals surface area contributed by atoms with E-state index in [1.54, 1.807) is 23.0 Å². The van der Waals surface area contributed by atoms with Crippen LogP contribution in [-0.2, 0) is 17.8 Å². The van der Waals surface area contributed by atoms with Gasteiger partial charge in [-0.05, 0) is 55.2 Å². The molecule has 2 aromatic rings. The van der Waals surface area contributed by atoms with Crippen LogP contribution in [0.2, 0.25) is 0 Å². The van der Waals surface area contributed by atoms with Gasteiger partial charge in [-0.25, -0.2) is 0 Å². The maximum Gasteiger partial charge on any atom is 0.259 e. The van der Waals surface area contributed by atoms with Gasteiger partial charge in [-0.15, -0.1) is 10.2 Å². The molecule has 2 heterocycles. The molecule has 0 fully saturated rings. The van der Waals surface area contributed by atoms with Crippen LogP contribution in [0.3, 0.4) is 0 Å². The summed E-state index contributed by atoms with van der Waals surface area (Å²) < 4.78 is 7.31. The molecule has 2 N–H and O–H groups in total. The lowest BCUT2D eigenvalue weighted by Crippen LogP contribution is -2.42. The zero-order chi connectivity index (χ0) is 30.0. The monoisotopic (exact) mass is 551 g/mol. The third-order valence-corrected chi connectivity index (χ3v) is 6.29. The molecule has 1 unspecified atom stereocenters. The maximum atomic E-state index is 13.1. The fourth-order valence-corrected chi connectivity index (χ4v) is 4.15. The number of nitrogens with zero attached hydrogens (tertiary/aromatic N) is 4. The number of allylic oxidation sites excluding steroid dienone is 4. The first-order valence-electron chi connectivity index (χ1n) is 13.7. The predicted molar refractivity (Wildman–Crippen MR) is 159 cm³/mol. The zero-order valence-electron chi connectivity index (χ0n) is 25.2. The van der Waals surface area contributed by atoms with E-state index in [1.165, 1.54) is 13.5 Å². The highest BCUT2D eigenvalue weighted by atomic mass is 16.5. The molecule has 0 saturated heterocycles. The molecule has 1 aromatic heterocycles. The van der Waals surface area contributed by atoms with Crippen LogP contribution >= 0.6 is 0 Å². The van der Waals surface area contributed by atoms with Gasteiger partial charge in [-0.1, -0.05) is 59.8 Å². The normalized spacial score (nSPS) is 14.2. The number of nitrogens with one attached hydrogen (secondary N) is 1. The number of carbonyl (C=O) groups excluding carboxylic acids is 2. The van der Waals surface area contributed by atoms with Gasteiger partial charge in [-0.2, -0.15) is 0 Å². The van der Waals surface area contributed by atoms with Crippen molar-refractivity contribution < 1.29 is 19.4 Å². The number of hydrogen-bond donors (Lipinski definition) is 2. The second-order valence-electron chi connectivity index (χ2n) is 11.0. The van der Waals surface area contributed by atoms with Crippen LogP contribution in [0, 0.1) is 5.41 Å². The zero-order valence-corrected chi connectivity index (χ0v) is 25.2. The average Bonchev–Trinajstić information content (AvgIpc) is 3.41. The van der Waals surface area contributed by atoms with Gasteiger partial charge in [0.2, 0.25) is 5.91 Å². The van der Waals surface area contributed by atoms with Crippen LogP contribution in [-0.4, -0.2) is 56.8 Å². The Hall–Kier alpha value is -3.72. The Balaban J connectivity index is 0.00000178. The van der Waals surface area contributed by atoms with Gasteiger partial charge in [0.25, 0.3) is 5.91 Å². The van der Waals surface area contributed by atoms with Crippen molar-refractivity contribution in [2.75, 3.05) is 20.3 Å². The second kappa shape index (κ2) is 14.6. The Morgan fingerprint density at radius 2 is 1.93 bits per heavy atom. The minimum absolute atomic E-state index is 0.0198. The molecular weight excluding hydrogens is 506 g/mol. The first-order valence-corrected chi connectivity index (χ1v) is 13.7. The van der Waals surface area contributed by atoms with Gasteiger partial charge in [0.1, 0.15) is 12.1 Å². The molecule has 1 atom stereocenters. The van der Waals surface area contributed by atoms with Crippen LogP contribution in [0.25, 0.3) is 5.57 Å². The van der Waals surface area contributed by atoms with Gasteiger partial charge < -0.3 is 24.6 Å². The lowest BCUT2D eigenvalue weighted by Gasteiger charge is -2.34. The van der Waals surface area contributed by atoms with Crippen LogP contribution in [0.15, 0.2) is 49.0 Å². The van der Waals surface area contributed by atoms with Crippen LogP contribution in [0.5, 0.6) is 5.75 Å². The molecule has 218 valence electrons. The summed E-state index contributed by atoms with van der Waals surface area (Å²) >= 11 is 0. The summed E-state index contributed by atoms with van der Waals surface area (Å²) in [6, 6.07) is 3.55. The number of aliphatic hydroxyl groups is 1. The molecule has 9 nitrogen and oxygen atoms in total. The average molecular weight is 552 g/mol. The Labute approximate surface area is 238 Å². The third-order valence-electron chi connectivity index (χ3n) is 6.29. The molecule has 1 aliphatic heterocycles. The highest BCUT2D eigenvalue weighted by Crippen LogP contribution is 2.30. The SMILES string of the molecule is C=C(/C=C\C=C(/C)c1nncn1C(C)CO)NC(=O)c1cc2c(cc1OC)CCN(C(=O)C(C)(C)C)C2.CCC. The molecule has 1 aliphatic rings. The second-order valence-corrected chi connectivity index (χ2v) is 11.0. The van der Waals surface area contributed by atoms with Gasteiger partial charge in [0, 0.05) is 24.2 Å². The summed E-state index contributed by atoms with van der Waals surface area (Å²) in [5, 5.41) is 20.3. The van der Waals surface area contributed by atoms with Gasteiger partial charge in [0.05, 0.1) is 25.3 Å². The van der Waals surface area contributed by atoms with E-state index in [2.05, 4.69) is 35.9 Å². The van der Waals surface area contributed by atoms with E-state index in [0.29, 0.717) is 42.3 Å². The fraction of sp³-hybridized carbons (Fsp3) is 0.484. The van der Waals surface area contributed by atoms with E-state index < -0.39 is 5.41 Å². The number of rotatable bonds is 8. The van der Waals surface area contributed by atoms with E-state index >= 15 is 0 Å². The summed E-state index contributed by atoms with van der Waals surface area (Å²) in [6.45, 7) is 18.8. The summed E-state index contributed by atoms with van der Waals surface area (Å²) in [4.78, 5) is 27.7.